The van der Waals surface area contributed by atoms with Crippen molar-refractivity contribution >= 4 is 32.6 Å². The van der Waals surface area contributed by atoms with Crippen molar-refractivity contribution in [2.75, 3.05) is 44.3 Å². The van der Waals surface area contributed by atoms with Crippen molar-refractivity contribution in [3.05, 3.63) is 23.3 Å². The molecular weight excluding hydrogens is 370 g/mol. The van der Waals surface area contributed by atoms with Crippen LogP contribution in [0.1, 0.15) is 43.2 Å². The largest absolute Gasteiger partial charge is 0.379 e. The molecule has 0 bridgehead atoms. The van der Waals surface area contributed by atoms with Gasteiger partial charge in [-0.25, -0.2) is 4.98 Å². The molecule has 28 heavy (non-hydrogen) atoms. The van der Waals surface area contributed by atoms with Crippen LogP contribution in [-0.4, -0.2) is 55.2 Å². The number of carbonyl (C=O) groups is 1. The van der Waals surface area contributed by atoms with Gasteiger partial charge in [-0.3, -0.25) is 14.6 Å². The molecule has 2 aliphatic rings. The Hall–Kier alpha value is -1.50. The second-order valence-corrected chi connectivity index (χ2v) is 9.19. The molecule has 0 radical (unpaired) electrons. The second kappa shape index (κ2) is 8.89. The third kappa shape index (κ3) is 4.39. The highest BCUT2D eigenvalue weighted by atomic mass is 32.1. The Morgan fingerprint density at radius 3 is 2.64 bits per heavy atom. The highest BCUT2D eigenvalue weighted by Crippen LogP contribution is 2.33. The molecule has 5 nitrogen and oxygen atoms in total. The monoisotopic (exact) mass is 401 g/mol. The van der Waals surface area contributed by atoms with Gasteiger partial charge in [0.2, 0.25) is 5.91 Å². The number of ether oxygens (including phenoxy) is 1. The van der Waals surface area contributed by atoms with E-state index in [1.165, 1.54) is 35.1 Å². The fraction of sp³-hybridized carbons (Fsp3) is 0.636. The minimum atomic E-state index is 0.161. The highest BCUT2D eigenvalue weighted by molar-refractivity contribution is 7.22. The molecule has 0 spiro atoms. The van der Waals surface area contributed by atoms with Crippen molar-refractivity contribution in [3.63, 3.8) is 0 Å². The van der Waals surface area contributed by atoms with E-state index < -0.39 is 0 Å². The van der Waals surface area contributed by atoms with E-state index >= 15 is 0 Å². The van der Waals surface area contributed by atoms with Gasteiger partial charge in [0.25, 0.3) is 0 Å². The molecule has 1 amide bonds. The van der Waals surface area contributed by atoms with Gasteiger partial charge in [0, 0.05) is 32.1 Å². The number of hydrogen-bond donors (Lipinski definition) is 0. The summed E-state index contributed by atoms with van der Waals surface area (Å²) >= 11 is 1.66. The quantitative estimate of drug-likeness (QED) is 0.755. The number of anilines is 1. The summed E-state index contributed by atoms with van der Waals surface area (Å²) in [5, 5.41) is 0.865. The van der Waals surface area contributed by atoms with E-state index in [1.807, 2.05) is 4.90 Å². The number of carbonyl (C=O) groups excluding carboxylic acids is 1. The molecule has 6 heteroatoms. The molecule has 0 atom stereocenters. The van der Waals surface area contributed by atoms with Gasteiger partial charge in [-0.15, -0.1) is 0 Å². The van der Waals surface area contributed by atoms with Crippen LogP contribution in [0, 0.1) is 19.8 Å². The van der Waals surface area contributed by atoms with E-state index in [-0.39, 0.29) is 11.8 Å². The van der Waals surface area contributed by atoms with Crippen molar-refractivity contribution < 1.29 is 9.53 Å². The first kappa shape index (κ1) is 19.8. The molecule has 0 N–H and O–H groups in total. The van der Waals surface area contributed by atoms with Crippen LogP contribution in [0.15, 0.2) is 12.1 Å². The van der Waals surface area contributed by atoms with Crippen LogP contribution in [-0.2, 0) is 9.53 Å². The maximum atomic E-state index is 13.4. The minimum absolute atomic E-state index is 0.161. The van der Waals surface area contributed by atoms with E-state index in [0.717, 1.165) is 56.3 Å². The third-order valence-corrected chi connectivity index (χ3v) is 7.23. The Balaban J connectivity index is 1.58. The number of benzene rings is 1. The van der Waals surface area contributed by atoms with Crippen molar-refractivity contribution in [3.8, 4) is 0 Å². The molecule has 1 aliphatic carbocycles. The molecule has 1 aromatic heterocycles. The molecule has 1 saturated carbocycles. The summed E-state index contributed by atoms with van der Waals surface area (Å²) in [6, 6.07) is 4.35. The summed E-state index contributed by atoms with van der Waals surface area (Å²) < 4.78 is 6.64. The SMILES string of the molecule is Cc1cc2nc(N(CCN3CCOCC3)C(=O)C3CCCCC3)sc2cc1C. The van der Waals surface area contributed by atoms with Crippen molar-refractivity contribution in [2.45, 2.75) is 46.0 Å². The standard InChI is InChI=1S/C22H31N3O2S/c1-16-14-19-20(15-17(16)2)28-22(23-19)25(9-8-24-10-12-27-13-11-24)21(26)18-6-4-3-5-7-18/h14-15,18H,3-13H2,1-2H3. The van der Waals surface area contributed by atoms with Crippen molar-refractivity contribution in [1.82, 2.24) is 9.88 Å². The van der Waals surface area contributed by atoms with Crippen molar-refractivity contribution in [2.24, 2.45) is 5.92 Å². The molecule has 0 unspecified atom stereocenters. The Kier molecular flexibility index (Phi) is 6.28. The number of thiazole rings is 1. The lowest BCUT2D eigenvalue weighted by molar-refractivity contribution is -0.123. The molecule has 1 saturated heterocycles. The Labute approximate surface area is 171 Å². The van der Waals surface area contributed by atoms with E-state index in [4.69, 9.17) is 9.72 Å². The normalized spacial score (nSPS) is 19.2. The molecule has 2 fully saturated rings. The number of nitrogens with zero attached hydrogens (tertiary/aromatic N) is 3. The smallest absolute Gasteiger partial charge is 0.231 e. The average molecular weight is 402 g/mol. The molecule has 1 aliphatic heterocycles. The number of fused-ring (bicyclic) bond motifs is 1. The second-order valence-electron chi connectivity index (χ2n) is 8.18. The van der Waals surface area contributed by atoms with Gasteiger partial charge < -0.3 is 4.74 Å². The summed E-state index contributed by atoms with van der Waals surface area (Å²) in [7, 11) is 0. The first-order valence-electron chi connectivity index (χ1n) is 10.6. The van der Waals surface area contributed by atoms with E-state index in [9.17, 15) is 4.79 Å². The first-order valence-corrected chi connectivity index (χ1v) is 11.4. The molecule has 2 aromatic rings. The van der Waals surface area contributed by atoms with Gasteiger partial charge in [0.05, 0.1) is 23.4 Å². The number of morpholine rings is 1. The summed E-state index contributed by atoms with van der Waals surface area (Å²) in [6.07, 6.45) is 5.65. The molecule has 152 valence electrons. The summed E-state index contributed by atoms with van der Waals surface area (Å²) in [4.78, 5) is 22.7. The van der Waals surface area contributed by atoms with Crippen LogP contribution in [0.25, 0.3) is 10.2 Å². The van der Waals surface area contributed by atoms with Crippen LogP contribution in [0.3, 0.4) is 0 Å². The van der Waals surface area contributed by atoms with Gasteiger partial charge >= 0.3 is 0 Å². The summed E-state index contributed by atoms with van der Waals surface area (Å²) in [6.45, 7) is 9.33. The Morgan fingerprint density at radius 2 is 1.89 bits per heavy atom. The van der Waals surface area contributed by atoms with E-state index in [0.29, 0.717) is 6.54 Å². The Morgan fingerprint density at radius 1 is 1.18 bits per heavy atom. The van der Waals surface area contributed by atoms with Crippen LogP contribution < -0.4 is 4.90 Å². The van der Waals surface area contributed by atoms with Gasteiger partial charge in [-0.1, -0.05) is 30.6 Å². The van der Waals surface area contributed by atoms with Crippen LogP contribution in [0.2, 0.25) is 0 Å². The van der Waals surface area contributed by atoms with Crippen LogP contribution in [0.5, 0.6) is 0 Å². The van der Waals surface area contributed by atoms with Gasteiger partial charge in [0.15, 0.2) is 5.13 Å². The van der Waals surface area contributed by atoms with Gasteiger partial charge in [-0.05, 0) is 49.9 Å². The lowest BCUT2D eigenvalue weighted by Gasteiger charge is -2.31. The number of rotatable bonds is 5. The number of amides is 1. The number of aryl methyl sites for hydroxylation is 2. The average Bonchev–Trinajstić information content (AvgIpc) is 3.12. The fourth-order valence-electron chi connectivity index (χ4n) is 4.22. The number of aromatic nitrogens is 1. The zero-order chi connectivity index (χ0) is 19.5. The lowest BCUT2D eigenvalue weighted by Crippen LogP contribution is -2.45. The van der Waals surface area contributed by atoms with E-state index in [1.54, 1.807) is 11.3 Å². The maximum absolute atomic E-state index is 13.4. The van der Waals surface area contributed by atoms with E-state index in [2.05, 4.69) is 30.9 Å². The predicted molar refractivity (Wildman–Crippen MR) is 115 cm³/mol. The zero-order valence-electron chi connectivity index (χ0n) is 17.1. The zero-order valence-corrected chi connectivity index (χ0v) is 17.9. The van der Waals surface area contributed by atoms with Gasteiger partial charge in [-0.2, -0.15) is 0 Å². The van der Waals surface area contributed by atoms with Crippen LogP contribution >= 0.6 is 11.3 Å². The predicted octanol–water partition coefficient (Wildman–Crippen LogP) is 4.16. The molecule has 1 aromatic carbocycles. The van der Waals surface area contributed by atoms with Crippen molar-refractivity contribution in [1.29, 1.82) is 0 Å². The maximum Gasteiger partial charge on any atom is 0.231 e. The molecular formula is C22H31N3O2S. The van der Waals surface area contributed by atoms with Crippen LogP contribution in [0.4, 0.5) is 5.13 Å². The minimum Gasteiger partial charge on any atom is -0.379 e. The summed E-state index contributed by atoms with van der Waals surface area (Å²) in [5.41, 5.74) is 3.54. The molecule has 2 heterocycles. The van der Waals surface area contributed by atoms with Gasteiger partial charge in [0.1, 0.15) is 0 Å². The number of hydrogen-bond acceptors (Lipinski definition) is 5. The third-order valence-electron chi connectivity index (χ3n) is 6.19. The molecule has 4 rings (SSSR count). The first-order chi connectivity index (χ1) is 13.6. The lowest BCUT2D eigenvalue weighted by atomic mass is 9.88. The Bertz CT molecular complexity index is 784. The fourth-order valence-corrected chi connectivity index (χ4v) is 5.30. The topological polar surface area (TPSA) is 45.7 Å². The summed E-state index contributed by atoms with van der Waals surface area (Å²) in [5.74, 6) is 0.439. The highest BCUT2D eigenvalue weighted by Gasteiger charge is 2.29.